The lowest BCUT2D eigenvalue weighted by Gasteiger charge is -2.05. The molecule has 3 rings (SSSR count). The lowest BCUT2D eigenvalue weighted by molar-refractivity contribution is 0.459. The van der Waals surface area contributed by atoms with Crippen LogP contribution in [0.4, 0.5) is 0 Å². The van der Waals surface area contributed by atoms with Gasteiger partial charge in [-0.25, -0.2) is 0 Å². The van der Waals surface area contributed by atoms with E-state index in [4.69, 9.17) is 22.1 Å². The van der Waals surface area contributed by atoms with Gasteiger partial charge in [0.05, 0.1) is 5.69 Å². The third kappa shape index (κ3) is 2.48. The lowest BCUT2D eigenvalue weighted by Crippen LogP contribution is -2.06. The topological polar surface area (TPSA) is 52.5 Å². The Balaban J connectivity index is 2.01. The Morgan fingerprint density at radius 1 is 1.15 bits per heavy atom. The summed E-state index contributed by atoms with van der Waals surface area (Å²) in [6.45, 7) is 0.541. The summed E-state index contributed by atoms with van der Waals surface area (Å²) in [7, 11) is 0. The number of aromatic nitrogens is 2. The van der Waals surface area contributed by atoms with Gasteiger partial charge in [-0.3, -0.25) is 0 Å². The van der Waals surface area contributed by atoms with E-state index >= 15 is 0 Å². The van der Waals surface area contributed by atoms with Gasteiger partial charge in [-0.15, -0.1) is 0 Å². The van der Waals surface area contributed by atoms with Crippen LogP contribution < -0.4 is 10.5 Å². The maximum absolute atomic E-state index is 5.87. The van der Waals surface area contributed by atoms with Crippen molar-refractivity contribution in [1.82, 2.24) is 9.38 Å². The quantitative estimate of drug-likeness (QED) is 0.801. The van der Waals surface area contributed by atoms with Gasteiger partial charge in [0, 0.05) is 17.6 Å². The van der Waals surface area contributed by atoms with Crippen LogP contribution in [-0.2, 0) is 6.42 Å². The molecule has 2 heterocycles. The molecule has 2 aromatic heterocycles. The Hall–Kier alpha value is -2.04. The van der Waals surface area contributed by atoms with E-state index in [0.717, 1.165) is 11.3 Å². The fraction of sp³-hybridized carbons (Fsp3) is 0.133. The highest BCUT2D eigenvalue weighted by atomic mass is 35.5. The molecule has 3 aromatic rings. The highest BCUT2D eigenvalue weighted by molar-refractivity contribution is 6.30. The summed E-state index contributed by atoms with van der Waals surface area (Å²) in [4.78, 5) is 4.50. The summed E-state index contributed by atoms with van der Waals surface area (Å²) in [5, 5.41) is 0.675. The second-order valence-corrected chi connectivity index (χ2v) is 4.82. The molecule has 0 bridgehead atoms. The Kier molecular flexibility index (Phi) is 3.58. The molecule has 0 unspecified atom stereocenters. The zero-order chi connectivity index (χ0) is 13.9. The molecule has 1 aromatic carbocycles. The molecule has 0 aliphatic carbocycles. The van der Waals surface area contributed by atoms with Crippen LogP contribution in [0.3, 0.4) is 0 Å². The van der Waals surface area contributed by atoms with E-state index < -0.39 is 0 Å². The number of nitrogens with zero attached hydrogens (tertiary/aromatic N) is 2. The minimum absolute atomic E-state index is 0.541. The van der Waals surface area contributed by atoms with Gasteiger partial charge in [-0.2, -0.15) is 4.98 Å². The molecule has 102 valence electrons. The van der Waals surface area contributed by atoms with E-state index in [1.54, 1.807) is 12.1 Å². The lowest BCUT2D eigenvalue weighted by atomic mass is 10.3. The van der Waals surface area contributed by atoms with E-state index in [9.17, 15) is 0 Å². The van der Waals surface area contributed by atoms with Gasteiger partial charge in [0.25, 0.3) is 0 Å². The number of fused-ring (bicyclic) bond motifs is 1. The number of rotatable bonds is 4. The van der Waals surface area contributed by atoms with Crippen molar-refractivity contribution in [3.05, 3.63) is 59.4 Å². The molecule has 0 saturated carbocycles. The standard InChI is InChI=1S/C15H14ClN3O/c16-11-4-6-12(7-5-11)20-15-13(8-9-17)19-10-2-1-3-14(19)18-15/h1-7,10H,8-9,17H2. The fourth-order valence-electron chi connectivity index (χ4n) is 2.09. The molecule has 2 N–H and O–H groups in total. The normalized spacial score (nSPS) is 10.9. The van der Waals surface area contributed by atoms with Crippen molar-refractivity contribution in [2.24, 2.45) is 5.73 Å². The third-order valence-corrected chi connectivity index (χ3v) is 3.25. The van der Waals surface area contributed by atoms with Gasteiger partial charge in [0.2, 0.25) is 5.88 Å². The molecular formula is C15H14ClN3O. The van der Waals surface area contributed by atoms with Crippen LogP contribution in [0.1, 0.15) is 5.69 Å². The minimum atomic E-state index is 0.541. The Morgan fingerprint density at radius 3 is 2.70 bits per heavy atom. The van der Waals surface area contributed by atoms with Gasteiger partial charge >= 0.3 is 0 Å². The van der Waals surface area contributed by atoms with Crippen LogP contribution in [0.15, 0.2) is 48.7 Å². The number of ether oxygens (including phenoxy) is 1. The van der Waals surface area contributed by atoms with E-state index in [1.807, 2.05) is 40.9 Å². The van der Waals surface area contributed by atoms with Gasteiger partial charge in [-0.05, 0) is 42.9 Å². The number of imidazole rings is 1. The number of hydrogen-bond donors (Lipinski definition) is 1. The number of hydrogen-bond acceptors (Lipinski definition) is 3. The van der Waals surface area contributed by atoms with Crippen molar-refractivity contribution >= 4 is 17.2 Å². The first-order valence-corrected chi connectivity index (χ1v) is 6.75. The van der Waals surface area contributed by atoms with Crippen LogP contribution in [0.5, 0.6) is 11.6 Å². The van der Waals surface area contributed by atoms with Crippen molar-refractivity contribution in [3.8, 4) is 11.6 Å². The molecular weight excluding hydrogens is 274 g/mol. The van der Waals surface area contributed by atoms with Crippen molar-refractivity contribution in [1.29, 1.82) is 0 Å². The minimum Gasteiger partial charge on any atom is -0.437 e. The van der Waals surface area contributed by atoms with E-state index in [0.29, 0.717) is 29.6 Å². The summed E-state index contributed by atoms with van der Waals surface area (Å²) >= 11 is 5.87. The van der Waals surface area contributed by atoms with Crippen molar-refractivity contribution in [3.63, 3.8) is 0 Å². The number of pyridine rings is 1. The summed E-state index contributed by atoms with van der Waals surface area (Å²) in [6, 6.07) is 13.1. The Labute approximate surface area is 121 Å². The predicted molar refractivity (Wildman–Crippen MR) is 79.5 cm³/mol. The number of benzene rings is 1. The summed E-state index contributed by atoms with van der Waals surface area (Å²) < 4.78 is 7.85. The maximum Gasteiger partial charge on any atom is 0.241 e. The van der Waals surface area contributed by atoms with E-state index in [-0.39, 0.29) is 0 Å². The van der Waals surface area contributed by atoms with Crippen molar-refractivity contribution < 1.29 is 4.74 Å². The highest BCUT2D eigenvalue weighted by Crippen LogP contribution is 2.27. The molecule has 0 fully saturated rings. The monoisotopic (exact) mass is 287 g/mol. The molecule has 0 saturated heterocycles. The largest absolute Gasteiger partial charge is 0.437 e. The summed E-state index contributed by atoms with van der Waals surface area (Å²) in [5.41, 5.74) is 7.50. The zero-order valence-corrected chi connectivity index (χ0v) is 11.5. The van der Waals surface area contributed by atoms with Crippen LogP contribution in [0.2, 0.25) is 5.02 Å². The fourth-order valence-corrected chi connectivity index (χ4v) is 2.21. The first-order chi connectivity index (χ1) is 9.78. The average Bonchev–Trinajstić information content (AvgIpc) is 2.80. The maximum atomic E-state index is 5.87. The van der Waals surface area contributed by atoms with Gasteiger partial charge in [0.15, 0.2) is 0 Å². The first-order valence-electron chi connectivity index (χ1n) is 6.37. The molecule has 20 heavy (non-hydrogen) atoms. The molecule has 0 aliphatic heterocycles. The molecule has 0 atom stereocenters. The first kappa shape index (κ1) is 13.0. The van der Waals surface area contributed by atoms with Gasteiger partial charge in [-0.1, -0.05) is 17.7 Å². The van der Waals surface area contributed by atoms with Gasteiger partial charge in [0.1, 0.15) is 11.4 Å². The molecule has 5 heteroatoms. The summed E-state index contributed by atoms with van der Waals surface area (Å²) in [6.07, 6.45) is 2.66. The Bertz CT molecular complexity index is 722. The SMILES string of the molecule is NCCc1c(Oc2ccc(Cl)cc2)nc2ccccn12. The Morgan fingerprint density at radius 2 is 1.95 bits per heavy atom. The average molecular weight is 288 g/mol. The molecule has 0 aliphatic rings. The van der Waals surface area contributed by atoms with E-state index in [1.165, 1.54) is 0 Å². The third-order valence-electron chi connectivity index (χ3n) is 3.00. The van der Waals surface area contributed by atoms with Crippen LogP contribution >= 0.6 is 11.6 Å². The van der Waals surface area contributed by atoms with Crippen LogP contribution in [0, 0.1) is 0 Å². The van der Waals surface area contributed by atoms with Crippen LogP contribution in [-0.4, -0.2) is 15.9 Å². The number of halogens is 1. The second-order valence-electron chi connectivity index (χ2n) is 4.39. The molecule has 4 nitrogen and oxygen atoms in total. The molecule has 0 radical (unpaired) electrons. The van der Waals surface area contributed by atoms with Crippen molar-refractivity contribution in [2.45, 2.75) is 6.42 Å². The van der Waals surface area contributed by atoms with E-state index in [2.05, 4.69) is 4.98 Å². The zero-order valence-electron chi connectivity index (χ0n) is 10.8. The molecule has 0 amide bonds. The second kappa shape index (κ2) is 5.53. The van der Waals surface area contributed by atoms with Crippen LogP contribution in [0.25, 0.3) is 5.65 Å². The highest BCUT2D eigenvalue weighted by Gasteiger charge is 2.13. The number of nitrogens with two attached hydrogens (primary N) is 1. The summed E-state index contributed by atoms with van der Waals surface area (Å²) in [5.74, 6) is 1.29. The molecule has 0 spiro atoms. The van der Waals surface area contributed by atoms with Gasteiger partial charge < -0.3 is 14.9 Å². The smallest absolute Gasteiger partial charge is 0.241 e. The van der Waals surface area contributed by atoms with Crippen molar-refractivity contribution in [2.75, 3.05) is 6.54 Å². The predicted octanol–water partition coefficient (Wildman–Crippen LogP) is 3.28.